The van der Waals surface area contributed by atoms with E-state index in [9.17, 15) is 0 Å². The molecule has 2 heterocycles. The molecule has 0 N–H and O–H groups in total. The van der Waals surface area contributed by atoms with E-state index in [0.29, 0.717) is 6.67 Å². The lowest BCUT2D eigenvalue weighted by Crippen LogP contribution is -2.25. The van der Waals surface area contributed by atoms with Crippen LogP contribution < -0.4 is 19.4 Å². The number of fused-ring (bicyclic) bond motifs is 1. The summed E-state index contributed by atoms with van der Waals surface area (Å²) in [6.07, 6.45) is 4.17. The molecule has 0 aromatic heterocycles. The molecule has 220 valence electrons. The molecule has 5 aromatic rings. The van der Waals surface area contributed by atoms with Crippen LogP contribution in [0.1, 0.15) is 26.3 Å². The van der Waals surface area contributed by atoms with E-state index in [2.05, 4.69) is 163 Å². The lowest BCUT2D eigenvalue weighted by molar-refractivity contribution is 0.481. The Morgan fingerprint density at radius 3 is 1.91 bits per heavy atom. The highest BCUT2D eigenvalue weighted by Gasteiger charge is 2.30. The topological polar surface area (TPSA) is 22.2 Å². The number of para-hydroxylation sites is 2. The molecule has 5 heteroatoms. The van der Waals surface area contributed by atoms with Crippen molar-refractivity contribution in [2.75, 3.05) is 35.1 Å². The van der Waals surface area contributed by atoms with Crippen molar-refractivity contribution in [1.82, 2.24) is 4.90 Å². The first-order valence-corrected chi connectivity index (χ1v) is 15.2. The van der Waals surface area contributed by atoms with E-state index < -0.39 is 0 Å². The summed E-state index contributed by atoms with van der Waals surface area (Å²) in [5, 5.41) is 0. The quantitative estimate of drug-likeness (QED) is 0.199. The van der Waals surface area contributed by atoms with Gasteiger partial charge >= 0.3 is 0 Å². The molecular formula is C39H38N4O. The van der Waals surface area contributed by atoms with Gasteiger partial charge in [-0.15, -0.1) is 0 Å². The van der Waals surface area contributed by atoms with Crippen LogP contribution in [0.25, 0.3) is 11.1 Å². The van der Waals surface area contributed by atoms with E-state index in [1.807, 2.05) is 18.2 Å². The fraction of sp³-hybridized carbons (Fsp3) is 0.179. The Labute approximate surface area is 260 Å². The monoisotopic (exact) mass is 578 g/mol. The highest BCUT2D eigenvalue weighted by Crippen LogP contribution is 2.48. The molecule has 2 aliphatic rings. The van der Waals surface area contributed by atoms with E-state index in [0.717, 1.165) is 29.5 Å². The van der Waals surface area contributed by atoms with Crippen molar-refractivity contribution in [3.63, 3.8) is 0 Å². The summed E-state index contributed by atoms with van der Waals surface area (Å²) in [5.74, 6) is 1.63. The third kappa shape index (κ3) is 5.37. The number of nitrogens with zero attached hydrogens (tertiary/aromatic N) is 4. The maximum atomic E-state index is 6.43. The minimum atomic E-state index is 0.0346. The van der Waals surface area contributed by atoms with Gasteiger partial charge in [-0.1, -0.05) is 87.5 Å². The molecule has 0 unspecified atom stereocenters. The van der Waals surface area contributed by atoms with Gasteiger partial charge in [0.15, 0.2) is 0 Å². The summed E-state index contributed by atoms with van der Waals surface area (Å²) < 4.78 is 6.43. The second-order valence-electron chi connectivity index (χ2n) is 12.6. The Bertz CT molecular complexity index is 1820. The van der Waals surface area contributed by atoms with Crippen molar-refractivity contribution < 1.29 is 4.74 Å². The molecule has 5 nitrogen and oxygen atoms in total. The molecule has 0 saturated heterocycles. The van der Waals surface area contributed by atoms with Crippen LogP contribution in [0.3, 0.4) is 0 Å². The van der Waals surface area contributed by atoms with Gasteiger partial charge in [0.05, 0.1) is 23.7 Å². The van der Waals surface area contributed by atoms with E-state index in [-0.39, 0.29) is 5.41 Å². The Morgan fingerprint density at radius 1 is 0.568 bits per heavy atom. The first-order valence-electron chi connectivity index (χ1n) is 15.2. The third-order valence-electron chi connectivity index (χ3n) is 8.38. The Kier molecular flexibility index (Phi) is 7.01. The largest absolute Gasteiger partial charge is 0.457 e. The molecule has 0 spiro atoms. The summed E-state index contributed by atoms with van der Waals surface area (Å²) in [6, 6.07) is 43.0. The molecule has 0 amide bonds. The minimum Gasteiger partial charge on any atom is -0.457 e. The van der Waals surface area contributed by atoms with Crippen molar-refractivity contribution in [3.05, 3.63) is 139 Å². The summed E-state index contributed by atoms with van der Waals surface area (Å²) in [4.78, 5) is 9.18. The second kappa shape index (κ2) is 11.2. The Morgan fingerprint density at radius 2 is 1.23 bits per heavy atom. The minimum absolute atomic E-state index is 0.0346. The number of ether oxygens (including phenoxy) is 1. The van der Waals surface area contributed by atoms with Crippen LogP contribution in [0.5, 0.6) is 11.5 Å². The highest BCUT2D eigenvalue weighted by atomic mass is 16.5. The first-order chi connectivity index (χ1) is 21.3. The van der Waals surface area contributed by atoms with Crippen LogP contribution in [-0.2, 0) is 5.41 Å². The van der Waals surface area contributed by atoms with E-state index in [4.69, 9.17) is 4.74 Å². The first kappa shape index (κ1) is 27.7. The zero-order valence-electron chi connectivity index (χ0n) is 25.8. The van der Waals surface area contributed by atoms with Gasteiger partial charge in [-0.2, -0.15) is 0 Å². The van der Waals surface area contributed by atoms with Gasteiger partial charge < -0.3 is 24.3 Å². The van der Waals surface area contributed by atoms with Crippen LogP contribution in [0.15, 0.2) is 134 Å². The SMILES string of the molecule is CN1C=CN(c2cccc(Oc3cccc(N4CN(c5cc(C(C)(C)C)ccc5-c5ccccc5)c5ccccc54)c3)c2)C1. The predicted octanol–water partition coefficient (Wildman–Crippen LogP) is 9.87. The van der Waals surface area contributed by atoms with Crippen molar-refractivity contribution >= 4 is 28.4 Å². The smallest absolute Gasteiger partial charge is 0.129 e. The van der Waals surface area contributed by atoms with Gasteiger partial charge in [0.2, 0.25) is 0 Å². The summed E-state index contributed by atoms with van der Waals surface area (Å²) in [5.41, 5.74) is 9.57. The molecule has 7 rings (SSSR count). The summed E-state index contributed by atoms with van der Waals surface area (Å²) >= 11 is 0. The van der Waals surface area contributed by atoms with Gasteiger partial charge in [-0.3, -0.25) is 0 Å². The van der Waals surface area contributed by atoms with Gasteiger partial charge in [0.1, 0.15) is 18.2 Å². The molecule has 0 aliphatic carbocycles. The number of benzene rings is 5. The van der Waals surface area contributed by atoms with Crippen LogP contribution in [0.4, 0.5) is 28.4 Å². The number of hydrogen-bond donors (Lipinski definition) is 0. The Hall–Kier alpha value is -5.16. The zero-order valence-corrected chi connectivity index (χ0v) is 25.8. The van der Waals surface area contributed by atoms with Crippen LogP contribution >= 0.6 is 0 Å². The number of rotatable bonds is 6. The lowest BCUT2D eigenvalue weighted by Gasteiger charge is -2.27. The maximum Gasteiger partial charge on any atom is 0.129 e. The average molecular weight is 579 g/mol. The molecule has 0 atom stereocenters. The molecular weight excluding hydrogens is 540 g/mol. The molecule has 44 heavy (non-hydrogen) atoms. The van der Waals surface area contributed by atoms with Crippen molar-refractivity contribution in [3.8, 4) is 22.6 Å². The van der Waals surface area contributed by atoms with Crippen molar-refractivity contribution in [2.45, 2.75) is 26.2 Å². The molecule has 0 fully saturated rings. The van der Waals surface area contributed by atoms with E-state index >= 15 is 0 Å². The molecule has 0 radical (unpaired) electrons. The summed E-state index contributed by atoms with van der Waals surface area (Å²) in [6.45, 7) is 8.36. The lowest BCUT2D eigenvalue weighted by atomic mass is 9.85. The van der Waals surface area contributed by atoms with E-state index in [1.54, 1.807) is 0 Å². The number of hydrogen-bond acceptors (Lipinski definition) is 5. The number of anilines is 5. The molecule has 0 saturated carbocycles. The Balaban J connectivity index is 1.23. The molecule has 5 aromatic carbocycles. The fourth-order valence-electron chi connectivity index (χ4n) is 6.00. The van der Waals surface area contributed by atoms with Crippen LogP contribution in [-0.4, -0.2) is 25.3 Å². The standard InChI is InChI=1S/C39H38N4O/c1-39(2,3)30-20-21-35(29-12-6-5-7-13-29)38(24-30)43-28-42(36-18-8-9-19-37(36)43)32-15-11-17-34(26-32)44-33-16-10-14-31(25-33)41-23-22-40(4)27-41/h5-26H,27-28H2,1-4H3. The normalized spacial score (nSPS) is 14.4. The highest BCUT2D eigenvalue weighted by molar-refractivity contribution is 5.92. The average Bonchev–Trinajstić information content (AvgIpc) is 3.65. The second-order valence-corrected chi connectivity index (χ2v) is 12.6. The van der Waals surface area contributed by atoms with Gasteiger partial charge in [-0.25, -0.2) is 0 Å². The van der Waals surface area contributed by atoms with Gasteiger partial charge in [0, 0.05) is 48.5 Å². The van der Waals surface area contributed by atoms with Crippen molar-refractivity contribution in [2.24, 2.45) is 0 Å². The predicted molar refractivity (Wildman–Crippen MR) is 183 cm³/mol. The van der Waals surface area contributed by atoms with E-state index in [1.165, 1.54) is 33.8 Å². The third-order valence-corrected chi connectivity index (χ3v) is 8.38. The van der Waals surface area contributed by atoms with Gasteiger partial charge in [-0.05, 0) is 59.0 Å². The fourth-order valence-corrected chi connectivity index (χ4v) is 6.00. The van der Waals surface area contributed by atoms with Crippen LogP contribution in [0, 0.1) is 0 Å². The molecule has 2 aliphatic heterocycles. The van der Waals surface area contributed by atoms with Crippen LogP contribution in [0.2, 0.25) is 0 Å². The molecule has 0 bridgehead atoms. The summed E-state index contributed by atoms with van der Waals surface area (Å²) in [7, 11) is 2.07. The zero-order chi connectivity index (χ0) is 30.3. The van der Waals surface area contributed by atoms with Crippen molar-refractivity contribution in [1.29, 1.82) is 0 Å². The maximum absolute atomic E-state index is 6.43. The van der Waals surface area contributed by atoms with Gasteiger partial charge in [0.25, 0.3) is 0 Å².